The number of carbonyl (C=O) groups excluding carboxylic acids is 2. The molecule has 0 unspecified atom stereocenters. The average molecular weight is 472 g/mol. The molecule has 3 amide bonds. The van der Waals surface area contributed by atoms with E-state index in [0.29, 0.717) is 35.5 Å². The molecule has 1 aliphatic carbocycles. The lowest BCUT2D eigenvalue weighted by atomic mass is 9.81. The molecule has 4 N–H and O–H groups in total. The van der Waals surface area contributed by atoms with Crippen molar-refractivity contribution in [2.24, 2.45) is 11.8 Å². The van der Waals surface area contributed by atoms with Crippen LogP contribution in [-0.2, 0) is 4.79 Å². The number of carbonyl (C=O) groups is 3. The first kappa shape index (κ1) is 22.5. The Morgan fingerprint density at radius 1 is 1.09 bits per heavy atom. The molecule has 0 radical (unpaired) electrons. The van der Waals surface area contributed by atoms with Crippen molar-refractivity contribution in [2.75, 3.05) is 17.2 Å². The number of amides is 3. The van der Waals surface area contributed by atoms with Crippen molar-refractivity contribution in [1.82, 2.24) is 15.3 Å². The molecule has 11 heteroatoms. The van der Waals surface area contributed by atoms with Gasteiger partial charge in [0.15, 0.2) is 5.58 Å². The van der Waals surface area contributed by atoms with Crippen LogP contribution in [0.5, 0.6) is 0 Å². The van der Waals surface area contributed by atoms with Crippen molar-refractivity contribution in [3.8, 4) is 0 Å². The molecule has 3 aromatic rings. The fourth-order valence-electron chi connectivity index (χ4n) is 3.91. The highest BCUT2D eigenvalue weighted by Crippen LogP contribution is 2.33. The van der Waals surface area contributed by atoms with Gasteiger partial charge in [-0.1, -0.05) is 11.6 Å². The summed E-state index contributed by atoms with van der Waals surface area (Å²) in [6.07, 6.45) is 4.62. The zero-order valence-electron chi connectivity index (χ0n) is 17.5. The fourth-order valence-corrected chi connectivity index (χ4v) is 4.03. The van der Waals surface area contributed by atoms with Gasteiger partial charge in [0.1, 0.15) is 17.0 Å². The van der Waals surface area contributed by atoms with E-state index in [4.69, 9.17) is 21.1 Å². The van der Waals surface area contributed by atoms with Crippen LogP contribution in [0.25, 0.3) is 11.1 Å². The van der Waals surface area contributed by atoms with Gasteiger partial charge in [0.2, 0.25) is 11.7 Å². The molecule has 10 nitrogen and oxygen atoms in total. The summed E-state index contributed by atoms with van der Waals surface area (Å²) in [5, 5.41) is 17.1. The minimum absolute atomic E-state index is 0.0758. The average Bonchev–Trinajstić information content (AvgIpc) is 3.18. The summed E-state index contributed by atoms with van der Waals surface area (Å²) in [7, 11) is 0. The van der Waals surface area contributed by atoms with Gasteiger partial charge in [-0.05, 0) is 55.9 Å². The Hall–Kier alpha value is -3.66. The lowest BCUT2D eigenvalue weighted by molar-refractivity contribution is -0.121. The zero-order chi connectivity index (χ0) is 23.4. The number of carboxylic acid groups (broad SMARTS) is 1. The molecule has 0 aromatic carbocycles. The topological polar surface area (TPSA) is 146 Å². The third-order valence-corrected chi connectivity index (χ3v) is 5.85. The van der Waals surface area contributed by atoms with Crippen molar-refractivity contribution in [3.05, 3.63) is 47.4 Å². The highest BCUT2D eigenvalue weighted by atomic mass is 35.5. The smallest absolute Gasteiger partial charge is 0.404 e. The summed E-state index contributed by atoms with van der Waals surface area (Å²) in [5.74, 6) is -0.659. The number of fused-ring (bicyclic) bond motifs is 1. The van der Waals surface area contributed by atoms with Gasteiger partial charge in [-0.25, -0.2) is 9.78 Å². The first-order valence-electron chi connectivity index (χ1n) is 10.5. The SMILES string of the molecule is O=C(O)NC[C@H]1CC[C@H](C(=O)Nc2c(C(=O)Nc3ccc(Cl)cn3)oc3cccnc23)CC1. The van der Waals surface area contributed by atoms with Crippen LogP contribution in [0.3, 0.4) is 0 Å². The zero-order valence-corrected chi connectivity index (χ0v) is 18.3. The number of hydrogen-bond acceptors (Lipinski definition) is 6. The number of nitrogens with zero attached hydrogens (tertiary/aromatic N) is 2. The lowest BCUT2D eigenvalue weighted by Gasteiger charge is -2.27. The molecule has 3 aromatic heterocycles. The number of hydrogen-bond donors (Lipinski definition) is 4. The summed E-state index contributed by atoms with van der Waals surface area (Å²) in [6.45, 7) is 0.378. The van der Waals surface area contributed by atoms with Gasteiger partial charge in [-0.3, -0.25) is 14.6 Å². The van der Waals surface area contributed by atoms with Crippen LogP contribution in [0.2, 0.25) is 5.02 Å². The second-order valence-corrected chi connectivity index (χ2v) is 8.30. The van der Waals surface area contributed by atoms with Gasteiger partial charge in [-0.2, -0.15) is 0 Å². The molecule has 0 spiro atoms. The summed E-state index contributed by atoms with van der Waals surface area (Å²) in [6, 6.07) is 6.48. The normalized spacial score (nSPS) is 18.0. The minimum atomic E-state index is -1.05. The molecular weight excluding hydrogens is 450 g/mol. The number of halogens is 1. The molecule has 33 heavy (non-hydrogen) atoms. The van der Waals surface area contributed by atoms with E-state index in [9.17, 15) is 14.4 Å². The van der Waals surface area contributed by atoms with Crippen molar-refractivity contribution in [2.45, 2.75) is 25.7 Å². The molecule has 1 fully saturated rings. The number of nitrogens with one attached hydrogen (secondary N) is 3. The summed E-state index contributed by atoms with van der Waals surface area (Å²) >= 11 is 5.84. The Kier molecular flexibility index (Phi) is 6.74. The molecule has 1 saturated carbocycles. The molecule has 3 heterocycles. The van der Waals surface area contributed by atoms with Crippen LogP contribution < -0.4 is 16.0 Å². The molecule has 4 rings (SSSR count). The molecule has 0 bridgehead atoms. The number of pyridine rings is 2. The molecule has 1 aliphatic rings. The van der Waals surface area contributed by atoms with Crippen molar-refractivity contribution in [1.29, 1.82) is 0 Å². The van der Waals surface area contributed by atoms with E-state index in [-0.39, 0.29) is 35.0 Å². The standard InChI is InChI=1S/C22H22ClN5O5/c23-14-7-8-16(25-11-14)27-21(30)19-18(17-15(33-19)2-1-9-24-17)28-20(29)13-5-3-12(4-6-13)10-26-22(31)32/h1-2,7-9,11-13,26H,3-6,10H2,(H,28,29)(H,31,32)(H,25,27,30)/t12-,13-. The van der Waals surface area contributed by atoms with Crippen LogP contribution in [0, 0.1) is 11.8 Å². The van der Waals surface area contributed by atoms with E-state index >= 15 is 0 Å². The van der Waals surface area contributed by atoms with Crippen molar-refractivity contribution < 1.29 is 23.9 Å². The van der Waals surface area contributed by atoms with Gasteiger partial charge < -0.3 is 25.5 Å². The van der Waals surface area contributed by atoms with Crippen LogP contribution in [0.4, 0.5) is 16.3 Å². The maximum Gasteiger partial charge on any atom is 0.404 e. The first-order valence-corrected chi connectivity index (χ1v) is 10.9. The highest BCUT2D eigenvalue weighted by molar-refractivity contribution is 6.30. The second-order valence-electron chi connectivity index (χ2n) is 7.87. The summed E-state index contributed by atoms with van der Waals surface area (Å²) in [4.78, 5) is 44.9. The van der Waals surface area contributed by atoms with Gasteiger partial charge in [0.25, 0.3) is 5.91 Å². The number of rotatable bonds is 6. The Balaban J connectivity index is 1.49. The second kappa shape index (κ2) is 9.86. The van der Waals surface area contributed by atoms with Crippen LogP contribution in [-0.4, -0.2) is 39.5 Å². The van der Waals surface area contributed by atoms with Crippen LogP contribution in [0.15, 0.2) is 41.1 Å². The number of furan rings is 1. The van der Waals surface area contributed by atoms with E-state index in [1.165, 1.54) is 6.20 Å². The third-order valence-electron chi connectivity index (χ3n) is 5.63. The lowest BCUT2D eigenvalue weighted by Crippen LogP contribution is -2.33. The monoisotopic (exact) mass is 471 g/mol. The van der Waals surface area contributed by atoms with Gasteiger partial charge in [0.05, 0.1) is 5.02 Å². The summed E-state index contributed by atoms with van der Waals surface area (Å²) in [5.41, 5.74) is 0.946. The van der Waals surface area contributed by atoms with Gasteiger partial charge >= 0.3 is 6.09 Å². The number of anilines is 2. The Bertz CT molecular complexity index is 1170. The maximum atomic E-state index is 13.0. The highest BCUT2D eigenvalue weighted by Gasteiger charge is 2.30. The molecular formula is C22H22ClN5O5. The van der Waals surface area contributed by atoms with E-state index < -0.39 is 12.0 Å². The van der Waals surface area contributed by atoms with E-state index in [2.05, 4.69) is 25.9 Å². The predicted octanol–water partition coefficient (Wildman–Crippen LogP) is 4.14. The van der Waals surface area contributed by atoms with E-state index in [1.807, 2.05) is 0 Å². The van der Waals surface area contributed by atoms with Gasteiger partial charge in [-0.15, -0.1) is 0 Å². The first-order chi connectivity index (χ1) is 15.9. The van der Waals surface area contributed by atoms with Crippen LogP contribution >= 0.6 is 11.6 Å². The van der Waals surface area contributed by atoms with E-state index in [1.54, 1.807) is 30.5 Å². The van der Waals surface area contributed by atoms with Crippen molar-refractivity contribution in [3.63, 3.8) is 0 Å². The molecule has 0 aliphatic heterocycles. The van der Waals surface area contributed by atoms with Crippen molar-refractivity contribution >= 4 is 52.1 Å². The minimum Gasteiger partial charge on any atom is -0.465 e. The fraction of sp³-hybridized carbons (Fsp3) is 0.318. The Labute approximate surface area is 193 Å². The molecule has 0 atom stereocenters. The Morgan fingerprint density at radius 3 is 2.58 bits per heavy atom. The maximum absolute atomic E-state index is 13.0. The number of aromatic nitrogens is 2. The predicted molar refractivity (Wildman–Crippen MR) is 121 cm³/mol. The molecule has 172 valence electrons. The third kappa shape index (κ3) is 5.40. The quantitative estimate of drug-likeness (QED) is 0.422. The summed E-state index contributed by atoms with van der Waals surface area (Å²) < 4.78 is 5.71. The largest absolute Gasteiger partial charge is 0.465 e. The Morgan fingerprint density at radius 2 is 1.88 bits per heavy atom. The van der Waals surface area contributed by atoms with E-state index in [0.717, 1.165) is 12.8 Å². The van der Waals surface area contributed by atoms with Crippen LogP contribution in [0.1, 0.15) is 36.2 Å². The molecule has 0 saturated heterocycles. The van der Waals surface area contributed by atoms with Gasteiger partial charge in [0, 0.05) is 24.9 Å².